The molecule has 0 unspecified atom stereocenters. The van der Waals surface area contributed by atoms with Gasteiger partial charge in [-0.2, -0.15) is 0 Å². The van der Waals surface area contributed by atoms with Crippen LogP contribution in [0.3, 0.4) is 0 Å². The summed E-state index contributed by atoms with van der Waals surface area (Å²) in [5.41, 5.74) is 2.18. The van der Waals surface area contributed by atoms with E-state index in [1.807, 2.05) is 37.3 Å². The van der Waals surface area contributed by atoms with Crippen LogP contribution in [0.25, 0.3) is 0 Å². The number of hydrogen-bond acceptors (Lipinski definition) is 5. The minimum Gasteiger partial charge on any atom is -0.497 e. The second kappa shape index (κ2) is 12.2. The highest BCUT2D eigenvalue weighted by Gasteiger charge is 2.19. The molecule has 2 N–H and O–H groups in total. The SMILES string of the molecule is COc1cccc(N(CCCC(=O)Nc2ccccc2C(=O)N[C@H](C)c2ccccc2)S(C)(=O)=O)c1. The third kappa shape index (κ3) is 7.32. The molecule has 0 bridgehead atoms. The lowest BCUT2D eigenvalue weighted by Crippen LogP contribution is -2.31. The van der Waals surface area contributed by atoms with Gasteiger partial charge >= 0.3 is 0 Å². The summed E-state index contributed by atoms with van der Waals surface area (Å²) >= 11 is 0. The molecule has 3 aromatic carbocycles. The van der Waals surface area contributed by atoms with Crippen molar-refractivity contribution in [1.29, 1.82) is 0 Å². The van der Waals surface area contributed by atoms with Crippen molar-refractivity contribution in [3.05, 3.63) is 90.0 Å². The van der Waals surface area contributed by atoms with E-state index in [4.69, 9.17) is 4.74 Å². The number of anilines is 2. The first-order valence-corrected chi connectivity index (χ1v) is 13.4. The molecular formula is C27H31N3O5S. The highest BCUT2D eigenvalue weighted by atomic mass is 32.2. The van der Waals surface area contributed by atoms with Crippen LogP contribution >= 0.6 is 0 Å². The molecule has 9 heteroatoms. The number of methoxy groups -OCH3 is 1. The zero-order valence-electron chi connectivity index (χ0n) is 20.6. The normalized spacial score (nSPS) is 11.9. The summed E-state index contributed by atoms with van der Waals surface area (Å²) in [7, 11) is -2.05. The van der Waals surface area contributed by atoms with Crippen LogP contribution in [0.2, 0.25) is 0 Å². The fourth-order valence-electron chi connectivity index (χ4n) is 3.74. The predicted octanol–water partition coefficient (Wildman–Crippen LogP) is 4.37. The molecule has 0 saturated heterocycles. The standard InChI is InChI=1S/C27H31N3O5S/c1-20(21-11-5-4-6-12-21)28-27(32)24-15-7-8-16-25(24)29-26(31)17-10-18-30(36(3,33)34)22-13-9-14-23(19-22)35-2/h4-9,11-16,19-20H,10,17-18H2,1-3H3,(H,28,32)(H,29,31)/t20-/m1/s1. The summed E-state index contributed by atoms with van der Waals surface area (Å²) in [6.07, 6.45) is 1.49. The zero-order valence-corrected chi connectivity index (χ0v) is 21.4. The van der Waals surface area contributed by atoms with E-state index in [-0.39, 0.29) is 37.2 Å². The van der Waals surface area contributed by atoms with Gasteiger partial charge in [-0.15, -0.1) is 0 Å². The molecule has 0 fully saturated rings. The molecule has 3 rings (SSSR count). The molecule has 36 heavy (non-hydrogen) atoms. The van der Waals surface area contributed by atoms with Crippen LogP contribution < -0.4 is 19.7 Å². The lowest BCUT2D eigenvalue weighted by Gasteiger charge is -2.22. The van der Waals surface area contributed by atoms with Gasteiger partial charge in [0.1, 0.15) is 5.75 Å². The van der Waals surface area contributed by atoms with Gasteiger partial charge in [0.05, 0.1) is 36.3 Å². The van der Waals surface area contributed by atoms with Gasteiger partial charge in [0, 0.05) is 19.0 Å². The number of sulfonamides is 1. The van der Waals surface area contributed by atoms with E-state index in [0.29, 0.717) is 22.7 Å². The average Bonchev–Trinajstić information content (AvgIpc) is 2.86. The van der Waals surface area contributed by atoms with Gasteiger partial charge in [-0.1, -0.05) is 48.5 Å². The number of carbonyl (C=O) groups excluding carboxylic acids is 2. The Morgan fingerprint density at radius 3 is 2.36 bits per heavy atom. The van der Waals surface area contributed by atoms with Gasteiger partial charge in [0.25, 0.3) is 5.91 Å². The maximum Gasteiger partial charge on any atom is 0.253 e. The number of nitrogens with one attached hydrogen (secondary N) is 2. The van der Waals surface area contributed by atoms with Gasteiger partial charge in [-0.05, 0) is 43.2 Å². The first kappa shape index (κ1) is 26.7. The van der Waals surface area contributed by atoms with E-state index in [2.05, 4.69) is 10.6 Å². The quantitative estimate of drug-likeness (QED) is 0.399. The smallest absolute Gasteiger partial charge is 0.253 e. The van der Waals surface area contributed by atoms with Crippen molar-refractivity contribution in [2.75, 3.05) is 29.5 Å². The summed E-state index contributed by atoms with van der Waals surface area (Å²) in [6, 6.07) is 22.9. The second-order valence-electron chi connectivity index (χ2n) is 8.34. The van der Waals surface area contributed by atoms with Crippen molar-refractivity contribution in [3.8, 4) is 5.75 Å². The van der Waals surface area contributed by atoms with Crippen LogP contribution in [0.1, 0.15) is 41.7 Å². The molecule has 0 saturated carbocycles. The van der Waals surface area contributed by atoms with Crippen LogP contribution in [-0.4, -0.2) is 40.1 Å². The Labute approximate surface area is 212 Å². The van der Waals surface area contributed by atoms with Gasteiger partial charge in [-0.3, -0.25) is 13.9 Å². The van der Waals surface area contributed by atoms with E-state index in [1.54, 1.807) is 48.5 Å². The Kier molecular flexibility index (Phi) is 9.08. The van der Waals surface area contributed by atoms with Gasteiger partial charge in [-0.25, -0.2) is 8.42 Å². The summed E-state index contributed by atoms with van der Waals surface area (Å²) in [6.45, 7) is 2.01. The van der Waals surface area contributed by atoms with Gasteiger partial charge in [0.2, 0.25) is 15.9 Å². The number of nitrogens with zero attached hydrogens (tertiary/aromatic N) is 1. The lowest BCUT2D eigenvalue weighted by molar-refractivity contribution is -0.116. The van der Waals surface area contributed by atoms with Crippen molar-refractivity contribution in [2.24, 2.45) is 0 Å². The largest absolute Gasteiger partial charge is 0.497 e. The maximum atomic E-state index is 12.9. The van der Waals surface area contributed by atoms with Crippen LogP contribution in [0.4, 0.5) is 11.4 Å². The number of benzene rings is 3. The minimum absolute atomic E-state index is 0.0758. The Bertz CT molecular complexity index is 1300. The molecule has 190 valence electrons. The molecule has 3 aromatic rings. The fraction of sp³-hybridized carbons (Fsp3) is 0.259. The first-order valence-electron chi connectivity index (χ1n) is 11.6. The third-order valence-electron chi connectivity index (χ3n) is 5.60. The molecule has 1 atom stereocenters. The molecular weight excluding hydrogens is 478 g/mol. The highest BCUT2D eigenvalue weighted by Crippen LogP contribution is 2.24. The molecule has 0 aliphatic rings. The summed E-state index contributed by atoms with van der Waals surface area (Å²) < 4.78 is 31.1. The topological polar surface area (TPSA) is 105 Å². The Balaban J connectivity index is 1.62. The lowest BCUT2D eigenvalue weighted by atomic mass is 10.1. The average molecular weight is 510 g/mol. The summed E-state index contributed by atoms with van der Waals surface area (Å²) in [4.78, 5) is 25.6. The molecule has 0 aromatic heterocycles. The van der Waals surface area contributed by atoms with Crippen LogP contribution in [0.15, 0.2) is 78.9 Å². The number of para-hydroxylation sites is 1. The van der Waals surface area contributed by atoms with Crippen molar-refractivity contribution in [3.63, 3.8) is 0 Å². The third-order valence-corrected chi connectivity index (χ3v) is 6.79. The van der Waals surface area contributed by atoms with Crippen molar-refractivity contribution >= 4 is 33.2 Å². The van der Waals surface area contributed by atoms with Gasteiger partial charge < -0.3 is 15.4 Å². The van der Waals surface area contributed by atoms with Crippen molar-refractivity contribution < 1.29 is 22.7 Å². The molecule has 8 nitrogen and oxygen atoms in total. The van der Waals surface area contributed by atoms with Crippen LogP contribution in [0.5, 0.6) is 5.75 Å². The Morgan fingerprint density at radius 1 is 0.972 bits per heavy atom. The second-order valence-corrected chi connectivity index (χ2v) is 10.2. The van der Waals surface area contributed by atoms with Crippen molar-refractivity contribution in [2.45, 2.75) is 25.8 Å². The predicted molar refractivity (Wildman–Crippen MR) is 142 cm³/mol. The number of carbonyl (C=O) groups is 2. The molecule has 0 aliphatic carbocycles. The first-order chi connectivity index (χ1) is 17.2. The highest BCUT2D eigenvalue weighted by molar-refractivity contribution is 7.92. The molecule has 0 heterocycles. The van der Waals surface area contributed by atoms with E-state index in [0.717, 1.165) is 11.8 Å². The van der Waals surface area contributed by atoms with E-state index in [9.17, 15) is 18.0 Å². The fourth-order valence-corrected chi connectivity index (χ4v) is 4.69. The summed E-state index contributed by atoms with van der Waals surface area (Å²) in [5, 5.41) is 5.74. The Hall–Kier alpha value is -3.85. The number of hydrogen-bond donors (Lipinski definition) is 2. The monoisotopic (exact) mass is 509 g/mol. The minimum atomic E-state index is -3.56. The molecule has 0 spiro atoms. The van der Waals surface area contributed by atoms with Gasteiger partial charge in [0.15, 0.2) is 0 Å². The van der Waals surface area contributed by atoms with E-state index in [1.165, 1.54) is 11.4 Å². The number of rotatable bonds is 11. The Morgan fingerprint density at radius 2 is 1.67 bits per heavy atom. The summed E-state index contributed by atoms with van der Waals surface area (Å²) in [5.74, 6) is -0.0793. The molecule has 0 aliphatic heterocycles. The van der Waals surface area contributed by atoms with Crippen LogP contribution in [0, 0.1) is 0 Å². The zero-order chi connectivity index (χ0) is 26.1. The molecule has 2 amide bonds. The van der Waals surface area contributed by atoms with Crippen LogP contribution in [-0.2, 0) is 14.8 Å². The van der Waals surface area contributed by atoms with E-state index >= 15 is 0 Å². The number of amides is 2. The maximum absolute atomic E-state index is 12.9. The van der Waals surface area contributed by atoms with Crippen molar-refractivity contribution in [1.82, 2.24) is 5.32 Å². The molecule has 0 radical (unpaired) electrons. The number of ether oxygens (including phenoxy) is 1. The van der Waals surface area contributed by atoms with E-state index < -0.39 is 10.0 Å².